The number of benzene rings is 2. The molecule has 2 aromatic rings. The number of rotatable bonds is 6. The Morgan fingerprint density at radius 3 is 2.50 bits per heavy atom. The second-order valence-electron chi connectivity index (χ2n) is 6.58. The van der Waals surface area contributed by atoms with Gasteiger partial charge in [-0.1, -0.05) is 12.1 Å². The Kier molecular flexibility index (Phi) is 6.41. The Bertz CT molecular complexity index is 976. The van der Waals surface area contributed by atoms with E-state index in [9.17, 15) is 23.6 Å². The van der Waals surface area contributed by atoms with Gasteiger partial charge < -0.3 is 19.7 Å². The van der Waals surface area contributed by atoms with E-state index in [4.69, 9.17) is 4.74 Å². The quantitative estimate of drug-likeness (QED) is 0.727. The maximum absolute atomic E-state index is 13.9. The smallest absolute Gasteiger partial charge is 0.337 e. The van der Waals surface area contributed by atoms with Gasteiger partial charge in [0, 0.05) is 18.7 Å². The van der Waals surface area contributed by atoms with Crippen molar-refractivity contribution in [2.24, 2.45) is 5.92 Å². The summed E-state index contributed by atoms with van der Waals surface area (Å²) in [5, 5.41) is 2.53. The molecule has 8 nitrogen and oxygen atoms in total. The molecule has 1 heterocycles. The molecule has 1 N–H and O–H groups in total. The molecule has 2 aromatic carbocycles. The maximum atomic E-state index is 13.9. The van der Waals surface area contributed by atoms with Gasteiger partial charge in [0.25, 0.3) is 5.91 Å². The van der Waals surface area contributed by atoms with E-state index in [1.807, 2.05) is 0 Å². The fourth-order valence-corrected chi connectivity index (χ4v) is 3.03. The molecule has 1 aliphatic heterocycles. The van der Waals surface area contributed by atoms with Crippen molar-refractivity contribution in [1.29, 1.82) is 0 Å². The van der Waals surface area contributed by atoms with Gasteiger partial charge in [-0.25, -0.2) is 9.18 Å². The molecule has 3 rings (SSSR count). The number of carbonyl (C=O) groups excluding carboxylic acids is 4. The topological polar surface area (TPSA) is 102 Å². The molecule has 0 unspecified atom stereocenters. The Balaban J connectivity index is 1.51. The Morgan fingerprint density at radius 1 is 1.13 bits per heavy atom. The number of amides is 2. The van der Waals surface area contributed by atoms with Crippen LogP contribution < -0.4 is 10.2 Å². The second kappa shape index (κ2) is 9.17. The number of esters is 2. The highest BCUT2D eigenvalue weighted by Crippen LogP contribution is 2.27. The van der Waals surface area contributed by atoms with E-state index in [1.54, 1.807) is 6.07 Å². The van der Waals surface area contributed by atoms with Crippen molar-refractivity contribution in [3.63, 3.8) is 0 Å². The molecule has 1 atom stereocenters. The first-order valence-corrected chi connectivity index (χ1v) is 9.09. The minimum Gasteiger partial charge on any atom is -0.465 e. The van der Waals surface area contributed by atoms with Crippen molar-refractivity contribution in [1.82, 2.24) is 0 Å². The Morgan fingerprint density at radius 2 is 1.83 bits per heavy atom. The highest BCUT2D eigenvalue weighted by Gasteiger charge is 2.37. The van der Waals surface area contributed by atoms with Crippen LogP contribution in [-0.4, -0.2) is 44.0 Å². The lowest BCUT2D eigenvalue weighted by Gasteiger charge is -2.17. The van der Waals surface area contributed by atoms with E-state index in [-0.39, 0.29) is 18.7 Å². The van der Waals surface area contributed by atoms with Crippen molar-refractivity contribution >= 4 is 35.1 Å². The predicted molar refractivity (Wildman–Crippen MR) is 104 cm³/mol. The van der Waals surface area contributed by atoms with Crippen molar-refractivity contribution in [3.05, 3.63) is 59.9 Å². The molecule has 156 valence electrons. The largest absolute Gasteiger partial charge is 0.465 e. The van der Waals surface area contributed by atoms with E-state index in [0.717, 1.165) is 0 Å². The first-order valence-electron chi connectivity index (χ1n) is 9.09. The summed E-state index contributed by atoms with van der Waals surface area (Å²) < 4.78 is 23.5. The third-order valence-corrected chi connectivity index (χ3v) is 4.54. The first kappa shape index (κ1) is 21.0. The number of anilines is 2. The number of methoxy groups -OCH3 is 1. The van der Waals surface area contributed by atoms with Gasteiger partial charge in [0.05, 0.1) is 24.3 Å². The molecule has 1 aliphatic rings. The monoisotopic (exact) mass is 414 g/mol. The van der Waals surface area contributed by atoms with Crippen molar-refractivity contribution in [3.8, 4) is 0 Å². The molecule has 2 amide bonds. The normalized spacial score (nSPS) is 15.6. The molecule has 1 saturated heterocycles. The van der Waals surface area contributed by atoms with Crippen LogP contribution in [0.5, 0.6) is 0 Å². The van der Waals surface area contributed by atoms with Gasteiger partial charge in [-0.3, -0.25) is 14.4 Å². The SMILES string of the molecule is COC(=O)c1ccc(NC(=O)COC(=O)[C@@H]2CC(=O)N(c3ccccc3F)C2)cc1. The Hall–Kier alpha value is -3.75. The standard InChI is InChI=1S/C21H19FN2O6/c1-29-20(27)13-6-8-15(9-7-13)23-18(25)12-30-21(28)14-10-19(26)24(11-14)17-5-3-2-4-16(17)22/h2-9,14H,10-12H2,1H3,(H,23,25)/t14-/m1/s1. The number of nitrogens with zero attached hydrogens (tertiary/aromatic N) is 1. The van der Waals surface area contributed by atoms with Gasteiger partial charge in [0.15, 0.2) is 6.61 Å². The van der Waals surface area contributed by atoms with E-state index in [1.165, 1.54) is 54.5 Å². The molecule has 1 fully saturated rings. The fraction of sp³-hybridized carbons (Fsp3) is 0.238. The van der Waals surface area contributed by atoms with E-state index in [0.29, 0.717) is 11.3 Å². The van der Waals surface area contributed by atoms with Crippen molar-refractivity contribution in [2.75, 3.05) is 30.5 Å². The van der Waals surface area contributed by atoms with Gasteiger partial charge in [-0.2, -0.15) is 0 Å². The van der Waals surface area contributed by atoms with Crippen LogP contribution in [0.25, 0.3) is 0 Å². The molecule has 30 heavy (non-hydrogen) atoms. The highest BCUT2D eigenvalue weighted by molar-refractivity contribution is 6.00. The van der Waals surface area contributed by atoms with Crippen LogP contribution in [0.15, 0.2) is 48.5 Å². The zero-order valence-corrected chi connectivity index (χ0v) is 16.1. The summed E-state index contributed by atoms with van der Waals surface area (Å²) in [6.07, 6.45) is -0.121. The number of ether oxygens (including phenoxy) is 2. The van der Waals surface area contributed by atoms with Crippen LogP contribution in [0.4, 0.5) is 15.8 Å². The lowest BCUT2D eigenvalue weighted by Crippen LogP contribution is -2.28. The van der Waals surface area contributed by atoms with Crippen LogP contribution in [0.2, 0.25) is 0 Å². The van der Waals surface area contributed by atoms with Crippen LogP contribution in [0.1, 0.15) is 16.8 Å². The molecular formula is C21H19FN2O6. The number of halogens is 1. The summed E-state index contributed by atoms with van der Waals surface area (Å²) in [7, 11) is 1.26. The summed E-state index contributed by atoms with van der Waals surface area (Å²) in [5.74, 6) is -3.53. The van der Waals surface area contributed by atoms with Crippen LogP contribution in [0, 0.1) is 11.7 Å². The number of nitrogens with one attached hydrogen (secondary N) is 1. The van der Waals surface area contributed by atoms with Gasteiger partial charge in [-0.05, 0) is 36.4 Å². The number of para-hydroxylation sites is 1. The number of hydrogen-bond acceptors (Lipinski definition) is 6. The zero-order valence-electron chi connectivity index (χ0n) is 16.1. The summed E-state index contributed by atoms with van der Waals surface area (Å²) in [5.41, 5.74) is 0.837. The lowest BCUT2D eigenvalue weighted by atomic mass is 10.1. The van der Waals surface area contributed by atoms with Gasteiger partial charge in [0.2, 0.25) is 5.91 Å². The molecule has 0 radical (unpaired) electrons. The molecule has 0 aliphatic carbocycles. The van der Waals surface area contributed by atoms with Gasteiger partial charge in [0.1, 0.15) is 5.82 Å². The lowest BCUT2D eigenvalue weighted by molar-refractivity contribution is -0.151. The Labute approximate surface area is 171 Å². The molecule has 0 spiro atoms. The minimum absolute atomic E-state index is 0.0186. The first-order chi connectivity index (χ1) is 14.4. The second-order valence-corrected chi connectivity index (χ2v) is 6.58. The molecule has 0 bridgehead atoms. The van der Waals surface area contributed by atoms with E-state index < -0.39 is 42.1 Å². The van der Waals surface area contributed by atoms with Crippen LogP contribution in [-0.2, 0) is 23.9 Å². The van der Waals surface area contributed by atoms with Crippen LogP contribution in [0.3, 0.4) is 0 Å². The average Bonchev–Trinajstić information content (AvgIpc) is 3.14. The average molecular weight is 414 g/mol. The third-order valence-electron chi connectivity index (χ3n) is 4.54. The van der Waals surface area contributed by atoms with Crippen LogP contribution >= 0.6 is 0 Å². The highest BCUT2D eigenvalue weighted by atomic mass is 19.1. The van der Waals surface area contributed by atoms with E-state index in [2.05, 4.69) is 10.1 Å². The molecular weight excluding hydrogens is 395 g/mol. The van der Waals surface area contributed by atoms with E-state index >= 15 is 0 Å². The van der Waals surface area contributed by atoms with Crippen molar-refractivity contribution < 1.29 is 33.0 Å². The van der Waals surface area contributed by atoms with Crippen molar-refractivity contribution in [2.45, 2.75) is 6.42 Å². The van der Waals surface area contributed by atoms with Gasteiger partial charge in [-0.15, -0.1) is 0 Å². The summed E-state index contributed by atoms with van der Waals surface area (Å²) >= 11 is 0. The number of carbonyl (C=O) groups is 4. The predicted octanol–water partition coefficient (Wildman–Crippen LogP) is 2.15. The fourth-order valence-electron chi connectivity index (χ4n) is 3.03. The summed E-state index contributed by atoms with van der Waals surface area (Å²) in [6, 6.07) is 11.8. The minimum atomic E-state index is -0.788. The summed E-state index contributed by atoms with van der Waals surface area (Å²) in [6.45, 7) is -0.558. The third kappa shape index (κ3) is 4.80. The zero-order chi connectivity index (χ0) is 21.7. The summed E-state index contributed by atoms with van der Waals surface area (Å²) in [4.78, 5) is 49.0. The maximum Gasteiger partial charge on any atom is 0.337 e. The molecule has 0 saturated carbocycles. The molecule has 9 heteroatoms. The number of hydrogen-bond donors (Lipinski definition) is 1. The van der Waals surface area contributed by atoms with Gasteiger partial charge >= 0.3 is 11.9 Å². The molecule has 0 aromatic heterocycles.